The van der Waals surface area contributed by atoms with Crippen LogP contribution < -0.4 is 10.2 Å². The van der Waals surface area contributed by atoms with Gasteiger partial charge in [0.05, 0.1) is 17.5 Å². The van der Waals surface area contributed by atoms with Crippen molar-refractivity contribution in [1.29, 1.82) is 0 Å². The molecule has 1 amide bonds. The van der Waals surface area contributed by atoms with E-state index in [2.05, 4.69) is 20.4 Å². The zero-order valence-electron chi connectivity index (χ0n) is 15.4. The molecule has 8 heteroatoms. The molecule has 1 fully saturated rings. The molecule has 0 spiro atoms. The molecule has 0 aromatic carbocycles. The number of piperidine rings is 1. The molecule has 1 aliphatic heterocycles. The lowest BCUT2D eigenvalue weighted by molar-refractivity contribution is 0.0254. The zero-order valence-corrected chi connectivity index (χ0v) is 15.4. The first-order chi connectivity index (χ1) is 12.4. The van der Waals surface area contributed by atoms with E-state index in [1.807, 2.05) is 18.7 Å². The van der Waals surface area contributed by atoms with Crippen molar-refractivity contribution in [2.45, 2.75) is 45.1 Å². The normalized spacial score (nSPS) is 20.4. The number of aryl methyl sites for hydroxylation is 1. The molecule has 1 saturated heterocycles. The lowest BCUT2D eigenvalue weighted by Gasteiger charge is -2.39. The number of hydrogen-bond acceptors (Lipinski definition) is 7. The minimum atomic E-state index is -1.02. The van der Waals surface area contributed by atoms with E-state index < -0.39 is 5.60 Å². The standard InChI is InChI=1S/C18H25N5O3/c1-12(2)16-15(13(3)26-22-16)17(24)21-10-18(25)5-4-8-23(11-18)14-9-19-6-7-20-14/h6-7,9,12,25H,4-5,8,10-11H2,1-3H3,(H,21,24)/t18-/m1/s1. The van der Waals surface area contributed by atoms with Crippen LogP contribution in [0.5, 0.6) is 0 Å². The Morgan fingerprint density at radius 2 is 2.27 bits per heavy atom. The molecule has 3 heterocycles. The first kappa shape index (κ1) is 18.3. The van der Waals surface area contributed by atoms with Crippen LogP contribution in [0.4, 0.5) is 5.82 Å². The van der Waals surface area contributed by atoms with Crippen LogP contribution in [0, 0.1) is 6.92 Å². The number of amides is 1. The van der Waals surface area contributed by atoms with Gasteiger partial charge in [-0.3, -0.25) is 9.78 Å². The molecule has 2 aromatic rings. The quantitative estimate of drug-likeness (QED) is 0.836. The van der Waals surface area contributed by atoms with Crippen molar-refractivity contribution < 1.29 is 14.4 Å². The van der Waals surface area contributed by atoms with E-state index in [0.717, 1.165) is 18.8 Å². The van der Waals surface area contributed by atoms with Gasteiger partial charge in [-0.05, 0) is 25.7 Å². The van der Waals surface area contributed by atoms with Gasteiger partial charge in [-0.15, -0.1) is 0 Å². The molecule has 2 aromatic heterocycles. The minimum Gasteiger partial charge on any atom is -0.386 e. The van der Waals surface area contributed by atoms with Gasteiger partial charge in [0.2, 0.25) is 0 Å². The van der Waals surface area contributed by atoms with E-state index in [1.54, 1.807) is 25.5 Å². The van der Waals surface area contributed by atoms with Crippen LogP contribution in [0.2, 0.25) is 0 Å². The van der Waals surface area contributed by atoms with Crippen LogP contribution in [0.25, 0.3) is 0 Å². The van der Waals surface area contributed by atoms with Crippen molar-refractivity contribution in [2.24, 2.45) is 0 Å². The van der Waals surface area contributed by atoms with Crippen molar-refractivity contribution in [3.8, 4) is 0 Å². The summed E-state index contributed by atoms with van der Waals surface area (Å²) in [4.78, 5) is 23.0. The number of aliphatic hydroxyl groups is 1. The maximum atomic E-state index is 12.6. The van der Waals surface area contributed by atoms with E-state index in [4.69, 9.17) is 4.52 Å². The van der Waals surface area contributed by atoms with Gasteiger partial charge < -0.3 is 19.8 Å². The largest absolute Gasteiger partial charge is 0.386 e. The van der Waals surface area contributed by atoms with E-state index >= 15 is 0 Å². The summed E-state index contributed by atoms with van der Waals surface area (Å²) in [6, 6.07) is 0. The van der Waals surface area contributed by atoms with Gasteiger partial charge in [-0.1, -0.05) is 19.0 Å². The molecule has 0 aliphatic carbocycles. The molecule has 8 nitrogen and oxygen atoms in total. The Balaban J connectivity index is 1.67. The lowest BCUT2D eigenvalue weighted by atomic mass is 9.92. The highest BCUT2D eigenvalue weighted by Gasteiger charge is 2.35. The van der Waals surface area contributed by atoms with E-state index in [1.165, 1.54) is 0 Å². The topological polar surface area (TPSA) is 104 Å². The fourth-order valence-corrected chi connectivity index (χ4v) is 3.30. The zero-order chi connectivity index (χ0) is 18.7. The predicted octanol–water partition coefficient (Wildman–Crippen LogP) is 1.66. The van der Waals surface area contributed by atoms with E-state index in [-0.39, 0.29) is 18.4 Å². The Bertz CT molecular complexity index is 761. The molecule has 26 heavy (non-hydrogen) atoms. The summed E-state index contributed by atoms with van der Waals surface area (Å²) in [7, 11) is 0. The van der Waals surface area contributed by atoms with Crippen molar-refractivity contribution in [3.05, 3.63) is 35.6 Å². The molecule has 2 N–H and O–H groups in total. The van der Waals surface area contributed by atoms with Crippen LogP contribution >= 0.6 is 0 Å². The van der Waals surface area contributed by atoms with E-state index in [0.29, 0.717) is 30.0 Å². The highest BCUT2D eigenvalue weighted by atomic mass is 16.5. The Morgan fingerprint density at radius 3 is 2.96 bits per heavy atom. The number of carbonyl (C=O) groups excluding carboxylic acids is 1. The fraction of sp³-hybridized carbons (Fsp3) is 0.556. The maximum absolute atomic E-state index is 12.6. The first-order valence-corrected chi connectivity index (χ1v) is 8.87. The Morgan fingerprint density at radius 1 is 1.46 bits per heavy atom. The number of carbonyl (C=O) groups is 1. The summed E-state index contributed by atoms with van der Waals surface area (Å²) in [6.07, 6.45) is 6.36. The van der Waals surface area contributed by atoms with Crippen LogP contribution in [0.1, 0.15) is 54.4 Å². The number of β-amino-alcohol motifs (C(OH)–C–C–N with tert-alkyl or cyclic N) is 1. The van der Waals surface area contributed by atoms with Gasteiger partial charge in [0.15, 0.2) is 0 Å². The minimum absolute atomic E-state index is 0.0816. The highest BCUT2D eigenvalue weighted by Crippen LogP contribution is 2.25. The van der Waals surface area contributed by atoms with Gasteiger partial charge in [-0.2, -0.15) is 0 Å². The van der Waals surface area contributed by atoms with Crippen LogP contribution in [0.15, 0.2) is 23.1 Å². The van der Waals surface area contributed by atoms with Crippen LogP contribution in [-0.2, 0) is 0 Å². The van der Waals surface area contributed by atoms with Crippen LogP contribution in [0.3, 0.4) is 0 Å². The number of nitrogens with zero attached hydrogens (tertiary/aromatic N) is 4. The molecule has 0 saturated carbocycles. The lowest BCUT2D eigenvalue weighted by Crippen LogP contribution is -2.54. The molecule has 0 unspecified atom stereocenters. The van der Waals surface area contributed by atoms with Crippen molar-refractivity contribution >= 4 is 11.7 Å². The third kappa shape index (κ3) is 3.85. The predicted molar refractivity (Wildman–Crippen MR) is 96.1 cm³/mol. The molecular weight excluding hydrogens is 334 g/mol. The Kier molecular flexibility index (Phi) is 5.22. The third-order valence-electron chi connectivity index (χ3n) is 4.67. The van der Waals surface area contributed by atoms with Crippen molar-refractivity contribution in [1.82, 2.24) is 20.4 Å². The smallest absolute Gasteiger partial charge is 0.256 e. The monoisotopic (exact) mass is 359 g/mol. The molecule has 0 bridgehead atoms. The third-order valence-corrected chi connectivity index (χ3v) is 4.67. The summed E-state index contributed by atoms with van der Waals surface area (Å²) in [5.74, 6) is 1.03. The summed E-state index contributed by atoms with van der Waals surface area (Å²) in [6.45, 7) is 7.00. The Hall–Kier alpha value is -2.48. The molecule has 1 aliphatic rings. The highest BCUT2D eigenvalue weighted by molar-refractivity contribution is 5.96. The van der Waals surface area contributed by atoms with Gasteiger partial charge >= 0.3 is 0 Å². The Labute approximate surface area is 152 Å². The summed E-state index contributed by atoms with van der Waals surface area (Å²) in [5.41, 5.74) is 0.0797. The molecule has 3 rings (SSSR count). The number of hydrogen-bond donors (Lipinski definition) is 2. The average molecular weight is 359 g/mol. The molecule has 1 atom stereocenters. The summed E-state index contributed by atoms with van der Waals surface area (Å²) in [5, 5.41) is 17.8. The second-order valence-electron chi connectivity index (χ2n) is 7.15. The molecule has 140 valence electrons. The number of rotatable bonds is 5. The summed E-state index contributed by atoms with van der Waals surface area (Å²) < 4.78 is 5.17. The average Bonchev–Trinajstić information content (AvgIpc) is 3.02. The van der Waals surface area contributed by atoms with Gasteiger partial charge in [0.1, 0.15) is 17.1 Å². The van der Waals surface area contributed by atoms with Crippen LogP contribution in [-0.4, -0.2) is 51.4 Å². The fourth-order valence-electron chi connectivity index (χ4n) is 3.30. The van der Waals surface area contributed by atoms with Gasteiger partial charge in [0.25, 0.3) is 5.91 Å². The number of aromatic nitrogens is 3. The number of nitrogens with one attached hydrogen (secondary N) is 1. The van der Waals surface area contributed by atoms with E-state index in [9.17, 15) is 9.90 Å². The van der Waals surface area contributed by atoms with Gasteiger partial charge in [0, 0.05) is 32.0 Å². The SMILES string of the molecule is Cc1onc(C(C)C)c1C(=O)NC[C@]1(O)CCCN(c2cnccn2)C1. The second-order valence-corrected chi connectivity index (χ2v) is 7.15. The molecule has 0 radical (unpaired) electrons. The van der Waals surface area contributed by atoms with Crippen molar-refractivity contribution in [2.75, 3.05) is 24.5 Å². The van der Waals surface area contributed by atoms with Gasteiger partial charge in [-0.25, -0.2) is 4.98 Å². The first-order valence-electron chi connectivity index (χ1n) is 8.87. The maximum Gasteiger partial charge on any atom is 0.256 e. The molecular formula is C18H25N5O3. The van der Waals surface area contributed by atoms with Crippen molar-refractivity contribution in [3.63, 3.8) is 0 Å². The number of anilines is 1. The second kappa shape index (κ2) is 7.41. The summed E-state index contributed by atoms with van der Waals surface area (Å²) >= 11 is 0.